The van der Waals surface area contributed by atoms with E-state index in [-0.39, 0.29) is 5.75 Å². The van der Waals surface area contributed by atoms with Crippen LogP contribution in [0.5, 0.6) is 5.75 Å². The molecule has 1 aliphatic rings. The van der Waals surface area contributed by atoms with Crippen LogP contribution in [0.25, 0.3) is 5.69 Å². The molecule has 86 valence electrons. The number of fused-ring (bicyclic) bond motifs is 1. The molecule has 5 nitrogen and oxygen atoms in total. The van der Waals surface area contributed by atoms with Crippen molar-refractivity contribution in [3.8, 4) is 11.4 Å². The van der Waals surface area contributed by atoms with Crippen molar-refractivity contribution in [1.82, 2.24) is 9.78 Å². The number of aldehydes is 1. The quantitative estimate of drug-likeness (QED) is 0.792. The molecule has 0 amide bonds. The SMILES string of the molecule is O=Cc1c2c(nn1-c1ccccc1O)COC2. The third-order valence-corrected chi connectivity index (χ3v) is 2.81. The van der Waals surface area contributed by atoms with Crippen molar-refractivity contribution < 1.29 is 14.6 Å². The van der Waals surface area contributed by atoms with Gasteiger partial charge in [-0.2, -0.15) is 5.10 Å². The zero-order chi connectivity index (χ0) is 11.8. The van der Waals surface area contributed by atoms with Gasteiger partial charge in [0.2, 0.25) is 0 Å². The number of hydrogen-bond donors (Lipinski definition) is 1. The Morgan fingerprint density at radius 2 is 2.18 bits per heavy atom. The van der Waals surface area contributed by atoms with Crippen molar-refractivity contribution in [3.05, 3.63) is 41.2 Å². The molecule has 3 rings (SSSR count). The van der Waals surface area contributed by atoms with Gasteiger partial charge < -0.3 is 9.84 Å². The molecular weight excluding hydrogens is 220 g/mol. The molecule has 1 N–H and O–H groups in total. The second-order valence-electron chi connectivity index (χ2n) is 3.82. The van der Waals surface area contributed by atoms with E-state index < -0.39 is 0 Å². The van der Waals surface area contributed by atoms with E-state index in [2.05, 4.69) is 5.10 Å². The number of phenols is 1. The molecule has 0 unspecified atom stereocenters. The van der Waals surface area contributed by atoms with E-state index in [0.29, 0.717) is 24.6 Å². The Kier molecular flexibility index (Phi) is 2.19. The number of ether oxygens (including phenoxy) is 1. The van der Waals surface area contributed by atoms with E-state index in [0.717, 1.165) is 17.5 Å². The van der Waals surface area contributed by atoms with Crippen LogP contribution in [0.1, 0.15) is 21.7 Å². The van der Waals surface area contributed by atoms with Crippen molar-refractivity contribution in [3.63, 3.8) is 0 Å². The fourth-order valence-corrected chi connectivity index (χ4v) is 1.98. The zero-order valence-corrected chi connectivity index (χ0v) is 8.96. The molecule has 1 aromatic heterocycles. The third-order valence-electron chi connectivity index (χ3n) is 2.81. The topological polar surface area (TPSA) is 64.4 Å². The number of hydrogen-bond acceptors (Lipinski definition) is 4. The summed E-state index contributed by atoms with van der Waals surface area (Å²) in [6, 6.07) is 6.78. The molecule has 0 fully saturated rings. The summed E-state index contributed by atoms with van der Waals surface area (Å²) >= 11 is 0. The van der Waals surface area contributed by atoms with E-state index >= 15 is 0 Å². The normalized spacial score (nSPS) is 13.6. The lowest BCUT2D eigenvalue weighted by molar-refractivity contribution is 0.110. The minimum absolute atomic E-state index is 0.0951. The van der Waals surface area contributed by atoms with Gasteiger partial charge in [0.1, 0.15) is 17.1 Å². The molecule has 0 aliphatic carbocycles. The molecule has 0 saturated heterocycles. The molecule has 1 aliphatic heterocycles. The Labute approximate surface area is 97.3 Å². The van der Waals surface area contributed by atoms with Gasteiger partial charge >= 0.3 is 0 Å². The highest BCUT2D eigenvalue weighted by molar-refractivity contribution is 5.77. The Morgan fingerprint density at radius 1 is 1.35 bits per heavy atom. The Balaban J connectivity index is 2.22. The van der Waals surface area contributed by atoms with Crippen LogP contribution < -0.4 is 0 Å². The molecule has 0 saturated carbocycles. The van der Waals surface area contributed by atoms with E-state index in [4.69, 9.17) is 4.74 Å². The molecule has 0 radical (unpaired) electrons. The maximum Gasteiger partial charge on any atom is 0.168 e. The fourth-order valence-electron chi connectivity index (χ4n) is 1.98. The number of aromatic nitrogens is 2. The van der Waals surface area contributed by atoms with Crippen molar-refractivity contribution in [2.75, 3.05) is 0 Å². The van der Waals surface area contributed by atoms with Gasteiger partial charge in [0.25, 0.3) is 0 Å². The number of benzene rings is 1. The number of carbonyl (C=O) groups is 1. The van der Waals surface area contributed by atoms with Crippen molar-refractivity contribution in [1.29, 1.82) is 0 Å². The number of para-hydroxylation sites is 2. The maximum atomic E-state index is 11.1. The summed E-state index contributed by atoms with van der Waals surface area (Å²) in [5.41, 5.74) is 2.52. The summed E-state index contributed by atoms with van der Waals surface area (Å²) in [6.45, 7) is 0.813. The summed E-state index contributed by atoms with van der Waals surface area (Å²) in [6.07, 6.45) is 0.743. The largest absolute Gasteiger partial charge is 0.506 e. The number of aromatic hydroxyl groups is 1. The van der Waals surface area contributed by atoms with Gasteiger partial charge in [-0.15, -0.1) is 0 Å². The van der Waals surface area contributed by atoms with Crippen LogP contribution in [0.3, 0.4) is 0 Å². The van der Waals surface area contributed by atoms with Crippen LogP contribution in [0.4, 0.5) is 0 Å². The average Bonchev–Trinajstić information content (AvgIpc) is 2.89. The fraction of sp³-hybridized carbons (Fsp3) is 0.167. The maximum absolute atomic E-state index is 11.1. The first-order chi connectivity index (χ1) is 8.31. The second-order valence-corrected chi connectivity index (χ2v) is 3.82. The van der Waals surface area contributed by atoms with Gasteiger partial charge in [0, 0.05) is 5.56 Å². The highest BCUT2D eigenvalue weighted by atomic mass is 16.5. The lowest BCUT2D eigenvalue weighted by atomic mass is 10.2. The lowest BCUT2D eigenvalue weighted by Crippen LogP contribution is -2.04. The molecule has 2 heterocycles. The monoisotopic (exact) mass is 230 g/mol. The average molecular weight is 230 g/mol. The number of carbonyl (C=O) groups excluding carboxylic acids is 1. The first-order valence-electron chi connectivity index (χ1n) is 5.23. The molecular formula is C12H10N2O3. The molecule has 0 atom stereocenters. The van der Waals surface area contributed by atoms with Gasteiger partial charge in [-0.25, -0.2) is 4.68 Å². The van der Waals surface area contributed by atoms with E-state index in [1.165, 1.54) is 4.68 Å². The summed E-state index contributed by atoms with van der Waals surface area (Å²) < 4.78 is 6.69. The molecule has 0 bridgehead atoms. The number of nitrogens with zero attached hydrogens (tertiary/aromatic N) is 2. The highest BCUT2D eigenvalue weighted by Gasteiger charge is 2.23. The predicted molar refractivity (Wildman–Crippen MR) is 59.1 cm³/mol. The van der Waals surface area contributed by atoms with Crippen LogP contribution in [-0.2, 0) is 18.0 Å². The molecule has 17 heavy (non-hydrogen) atoms. The van der Waals surface area contributed by atoms with Crippen LogP contribution in [-0.4, -0.2) is 21.2 Å². The molecule has 0 spiro atoms. The van der Waals surface area contributed by atoms with Crippen molar-refractivity contribution in [2.45, 2.75) is 13.2 Å². The van der Waals surface area contributed by atoms with Gasteiger partial charge in [0.15, 0.2) is 6.29 Å². The van der Waals surface area contributed by atoms with Crippen LogP contribution in [0.15, 0.2) is 24.3 Å². The Morgan fingerprint density at radius 3 is 2.94 bits per heavy atom. The standard InChI is InChI=1S/C12H10N2O3/c15-5-11-8-6-17-7-9(8)13-14(11)10-3-1-2-4-12(10)16/h1-5,16H,6-7H2. The number of phenolic OH excluding ortho intramolecular Hbond substituents is 1. The second kappa shape index (κ2) is 3.71. The smallest absolute Gasteiger partial charge is 0.168 e. The van der Waals surface area contributed by atoms with Crippen molar-refractivity contribution in [2.24, 2.45) is 0 Å². The Hall–Kier alpha value is -2.14. The first kappa shape index (κ1) is 10.0. The van der Waals surface area contributed by atoms with Gasteiger partial charge in [-0.1, -0.05) is 12.1 Å². The van der Waals surface area contributed by atoms with Crippen LogP contribution in [0.2, 0.25) is 0 Å². The Bertz CT molecular complexity index is 589. The lowest BCUT2D eigenvalue weighted by Gasteiger charge is -2.06. The minimum atomic E-state index is 0.0951. The van der Waals surface area contributed by atoms with Gasteiger partial charge in [-0.05, 0) is 12.1 Å². The number of rotatable bonds is 2. The first-order valence-corrected chi connectivity index (χ1v) is 5.23. The van der Waals surface area contributed by atoms with Crippen LogP contribution in [0, 0.1) is 0 Å². The van der Waals surface area contributed by atoms with Gasteiger partial charge in [-0.3, -0.25) is 4.79 Å². The van der Waals surface area contributed by atoms with E-state index in [1.54, 1.807) is 24.3 Å². The van der Waals surface area contributed by atoms with Crippen LogP contribution >= 0.6 is 0 Å². The predicted octanol–water partition coefficient (Wildman–Crippen LogP) is 1.42. The zero-order valence-electron chi connectivity index (χ0n) is 8.96. The minimum Gasteiger partial charge on any atom is -0.506 e. The molecule has 1 aromatic carbocycles. The summed E-state index contributed by atoms with van der Waals surface area (Å²) in [5.74, 6) is 0.0951. The summed E-state index contributed by atoms with van der Waals surface area (Å²) in [7, 11) is 0. The van der Waals surface area contributed by atoms with E-state index in [9.17, 15) is 9.90 Å². The van der Waals surface area contributed by atoms with E-state index in [1.807, 2.05) is 0 Å². The third kappa shape index (κ3) is 1.43. The van der Waals surface area contributed by atoms with Gasteiger partial charge in [0.05, 0.1) is 18.9 Å². The highest BCUT2D eigenvalue weighted by Crippen LogP contribution is 2.27. The summed E-state index contributed by atoms with van der Waals surface area (Å²) in [4.78, 5) is 11.1. The van der Waals surface area contributed by atoms with Crippen molar-refractivity contribution >= 4 is 6.29 Å². The summed E-state index contributed by atoms with van der Waals surface area (Å²) in [5, 5.41) is 14.1. The molecule has 2 aromatic rings. The molecule has 5 heteroatoms.